The average molecular weight is 243 g/mol. The Hall–Kier alpha value is -0.0800. The Bertz CT molecular complexity index is 139. The van der Waals surface area contributed by atoms with E-state index in [0.717, 1.165) is 6.61 Å². The van der Waals surface area contributed by atoms with Gasteiger partial charge in [0.2, 0.25) is 0 Å². The summed E-state index contributed by atoms with van der Waals surface area (Å²) >= 11 is 0. The van der Waals surface area contributed by atoms with E-state index in [1.54, 1.807) is 7.11 Å². The quantitative estimate of drug-likeness (QED) is 0.491. The third-order valence-electron chi connectivity index (χ3n) is 3.47. The topological polar surface area (TPSA) is 21.3 Å². The molecule has 0 amide bonds. The van der Waals surface area contributed by atoms with Crippen molar-refractivity contribution in [3.63, 3.8) is 0 Å². The molecule has 0 radical (unpaired) electrons. The van der Waals surface area contributed by atoms with Crippen molar-refractivity contribution in [2.45, 2.75) is 77.2 Å². The first-order valence-corrected chi connectivity index (χ1v) is 7.51. The first-order chi connectivity index (χ1) is 8.35. The molecule has 1 atom stereocenters. The van der Waals surface area contributed by atoms with Gasteiger partial charge in [-0.15, -0.1) is 0 Å². The minimum absolute atomic E-state index is 0.695. The van der Waals surface area contributed by atoms with Crippen LogP contribution in [0, 0.1) is 0 Å². The third-order valence-corrected chi connectivity index (χ3v) is 3.47. The number of rotatable bonds is 13. The standard InChI is InChI=1S/C15H33NO/c1-4-5-6-7-8-9-10-12-15(16-2)13-11-14-17-3/h15-16H,4-14H2,1-3H3. The summed E-state index contributed by atoms with van der Waals surface area (Å²) in [5, 5.41) is 3.42. The molecule has 0 heterocycles. The predicted molar refractivity (Wildman–Crippen MR) is 76.6 cm³/mol. The highest BCUT2D eigenvalue weighted by Crippen LogP contribution is 2.11. The van der Waals surface area contributed by atoms with Gasteiger partial charge in [-0.1, -0.05) is 51.9 Å². The van der Waals surface area contributed by atoms with Gasteiger partial charge < -0.3 is 10.1 Å². The van der Waals surface area contributed by atoms with E-state index in [1.807, 2.05) is 0 Å². The van der Waals surface area contributed by atoms with E-state index in [1.165, 1.54) is 64.2 Å². The van der Waals surface area contributed by atoms with Crippen molar-refractivity contribution in [2.24, 2.45) is 0 Å². The fourth-order valence-corrected chi connectivity index (χ4v) is 2.25. The summed E-state index contributed by atoms with van der Waals surface area (Å²) in [7, 11) is 3.86. The first kappa shape index (κ1) is 16.9. The fourth-order valence-electron chi connectivity index (χ4n) is 2.25. The lowest BCUT2D eigenvalue weighted by molar-refractivity contribution is 0.188. The number of unbranched alkanes of at least 4 members (excludes halogenated alkanes) is 6. The van der Waals surface area contributed by atoms with Crippen LogP contribution in [-0.2, 0) is 4.74 Å². The molecule has 2 heteroatoms. The molecule has 1 unspecified atom stereocenters. The van der Waals surface area contributed by atoms with Crippen LogP contribution in [-0.4, -0.2) is 26.8 Å². The van der Waals surface area contributed by atoms with Crippen molar-refractivity contribution in [1.82, 2.24) is 5.32 Å². The zero-order chi connectivity index (χ0) is 12.8. The summed E-state index contributed by atoms with van der Waals surface area (Å²) < 4.78 is 5.09. The maximum absolute atomic E-state index is 5.09. The van der Waals surface area contributed by atoms with E-state index >= 15 is 0 Å². The molecule has 2 nitrogen and oxygen atoms in total. The predicted octanol–water partition coefficient (Wildman–Crippen LogP) is 4.14. The van der Waals surface area contributed by atoms with Crippen LogP contribution in [0.2, 0.25) is 0 Å². The van der Waals surface area contributed by atoms with Gasteiger partial charge in [0.05, 0.1) is 0 Å². The maximum Gasteiger partial charge on any atom is 0.0462 e. The zero-order valence-corrected chi connectivity index (χ0v) is 12.3. The summed E-state index contributed by atoms with van der Waals surface area (Å²) in [6.07, 6.45) is 13.6. The third kappa shape index (κ3) is 12.2. The minimum Gasteiger partial charge on any atom is -0.385 e. The second-order valence-electron chi connectivity index (χ2n) is 5.03. The highest BCUT2D eigenvalue weighted by Gasteiger charge is 2.04. The zero-order valence-electron chi connectivity index (χ0n) is 12.3. The molecule has 0 aliphatic heterocycles. The Balaban J connectivity index is 3.25. The van der Waals surface area contributed by atoms with Gasteiger partial charge in [-0.05, 0) is 26.3 Å². The second-order valence-corrected chi connectivity index (χ2v) is 5.03. The molecule has 0 rings (SSSR count). The van der Waals surface area contributed by atoms with Crippen LogP contribution in [0.15, 0.2) is 0 Å². The molecular weight excluding hydrogens is 210 g/mol. The van der Waals surface area contributed by atoms with Gasteiger partial charge in [0.1, 0.15) is 0 Å². The first-order valence-electron chi connectivity index (χ1n) is 7.51. The van der Waals surface area contributed by atoms with Gasteiger partial charge >= 0.3 is 0 Å². The van der Waals surface area contributed by atoms with Gasteiger partial charge in [0.15, 0.2) is 0 Å². The summed E-state index contributed by atoms with van der Waals surface area (Å²) in [5.74, 6) is 0. The van der Waals surface area contributed by atoms with Crippen LogP contribution in [0.3, 0.4) is 0 Å². The lowest BCUT2D eigenvalue weighted by Gasteiger charge is -2.15. The second kappa shape index (κ2) is 14.0. The molecule has 0 aliphatic rings. The SMILES string of the molecule is CCCCCCCCCC(CCCOC)NC. The molecule has 17 heavy (non-hydrogen) atoms. The van der Waals surface area contributed by atoms with Gasteiger partial charge in [0, 0.05) is 19.8 Å². The Morgan fingerprint density at radius 2 is 1.47 bits per heavy atom. The summed E-state index contributed by atoms with van der Waals surface area (Å²) in [4.78, 5) is 0. The van der Waals surface area contributed by atoms with Gasteiger partial charge in [-0.2, -0.15) is 0 Å². The van der Waals surface area contributed by atoms with E-state index in [9.17, 15) is 0 Å². The summed E-state index contributed by atoms with van der Waals surface area (Å²) in [5.41, 5.74) is 0. The molecule has 0 saturated carbocycles. The number of nitrogens with one attached hydrogen (secondary N) is 1. The smallest absolute Gasteiger partial charge is 0.0462 e. The van der Waals surface area contributed by atoms with Crippen molar-refractivity contribution >= 4 is 0 Å². The van der Waals surface area contributed by atoms with Crippen molar-refractivity contribution in [1.29, 1.82) is 0 Å². The molecule has 0 aromatic heterocycles. The molecule has 0 spiro atoms. The number of methoxy groups -OCH3 is 1. The van der Waals surface area contributed by atoms with Crippen molar-refractivity contribution in [3.05, 3.63) is 0 Å². The van der Waals surface area contributed by atoms with Crippen molar-refractivity contribution in [3.8, 4) is 0 Å². The van der Waals surface area contributed by atoms with E-state index in [0.29, 0.717) is 6.04 Å². The largest absolute Gasteiger partial charge is 0.385 e. The monoisotopic (exact) mass is 243 g/mol. The average Bonchev–Trinajstić information content (AvgIpc) is 2.35. The highest BCUT2D eigenvalue weighted by molar-refractivity contribution is 4.64. The van der Waals surface area contributed by atoms with Crippen molar-refractivity contribution < 1.29 is 4.74 Å². The van der Waals surface area contributed by atoms with E-state index < -0.39 is 0 Å². The lowest BCUT2D eigenvalue weighted by atomic mass is 10.0. The Labute approximate surface area is 109 Å². The molecule has 0 aromatic rings. The maximum atomic E-state index is 5.09. The molecule has 104 valence electrons. The summed E-state index contributed by atoms with van der Waals surface area (Å²) in [6.45, 7) is 3.17. The van der Waals surface area contributed by atoms with Crippen LogP contribution in [0.5, 0.6) is 0 Å². The Kier molecular flexibility index (Phi) is 13.9. The van der Waals surface area contributed by atoms with Crippen LogP contribution < -0.4 is 5.32 Å². The molecule has 1 N–H and O–H groups in total. The number of ether oxygens (including phenoxy) is 1. The Morgan fingerprint density at radius 1 is 0.882 bits per heavy atom. The molecule has 0 saturated heterocycles. The van der Waals surface area contributed by atoms with Crippen LogP contribution in [0.4, 0.5) is 0 Å². The minimum atomic E-state index is 0.695. The van der Waals surface area contributed by atoms with Crippen LogP contribution in [0.1, 0.15) is 71.1 Å². The highest BCUT2D eigenvalue weighted by atomic mass is 16.5. The van der Waals surface area contributed by atoms with Gasteiger partial charge in [-0.3, -0.25) is 0 Å². The van der Waals surface area contributed by atoms with Crippen LogP contribution >= 0.6 is 0 Å². The molecule has 0 aliphatic carbocycles. The number of hydrogen-bond donors (Lipinski definition) is 1. The van der Waals surface area contributed by atoms with E-state index in [-0.39, 0.29) is 0 Å². The number of hydrogen-bond acceptors (Lipinski definition) is 2. The molecular formula is C15H33NO. The lowest BCUT2D eigenvalue weighted by Crippen LogP contribution is -2.25. The van der Waals surface area contributed by atoms with Crippen LogP contribution in [0.25, 0.3) is 0 Å². The van der Waals surface area contributed by atoms with Gasteiger partial charge in [-0.25, -0.2) is 0 Å². The van der Waals surface area contributed by atoms with Gasteiger partial charge in [0.25, 0.3) is 0 Å². The molecule has 0 fully saturated rings. The fraction of sp³-hybridized carbons (Fsp3) is 1.00. The van der Waals surface area contributed by atoms with E-state index in [4.69, 9.17) is 4.74 Å². The Morgan fingerprint density at radius 3 is 2.06 bits per heavy atom. The van der Waals surface area contributed by atoms with E-state index in [2.05, 4.69) is 19.3 Å². The molecule has 0 bridgehead atoms. The summed E-state index contributed by atoms with van der Waals surface area (Å²) in [6, 6.07) is 0.695. The normalized spacial score (nSPS) is 12.9. The van der Waals surface area contributed by atoms with Crippen molar-refractivity contribution in [2.75, 3.05) is 20.8 Å². The molecule has 0 aromatic carbocycles.